The van der Waals surface area contributed by atoms with E-state index in [0.717, 1.165) is 25.6 Å². The van der Waals surface area contributed by atoms with Crippen LogP contribution in [0.2, 0.25) is 0 Å². The number of likely N-dealkylation sites (N-methyl/N-ethyl adjacent to an activating group) is 1. The zero-order valence-corrected chi connectivity index (χ0v) is 10.2. The van der Waals surface area contributed by atoms with Gasteiger partial charge in [-0.15, -0.1) is 0 Å². The van der Waals surface area contributed by atoms with Crippen LogP contribution >= 0.6 is 11.8 Å². The lowest BCUT2D eigenvalue weighted by atomic mass is 9.99. The van der Waals surface area contributed by atoms with E-state index in [9.17, 15) is 0 Å². The summed E-state index contributed by atoms with van der Waals surface area (Å²) < 4.78 is 0. The van der Waals surface area contributed by atoms with Crippen molar-refractivity contribution in [2.45, 2.75) is 26.2 Å². The molecule has 1 heterocycles. The quantitative estimate of drug-likeness (QED) is 0.734. The van der Waals surface area contributed by atoms with Crippen molar-refractivity contribution in [2.75, 3.05) is 37.7 Å². The van der Waals surface area contributed by atoms with Crippen LogP contribution in [0, 0.1) is 5.92 Å². The van der Waals surface area contributed by atoms with E-state index in [2.05, 4.69) is 23.6 Å². The van der Waals surface area contributed by atoms with Gasteiger partial charge in [0, 0.05) is 13.1 Å². The zero-order valence-electron chi connectivity index (χ0n) is 9.37. The van der Waals surface area contributed by atoms with Crippen LogP contribution in [0.1, 0.15) is 26.2 Å². The molecule has 1 rings (SSSR count). The standard InChI is InChI=1S/C11H24N2S/c1-2-13(8-6-12)7-3-11-4-9-14-10-5-11/h11H,2-10,12H2,1H3. The Morgan fingerprint density at radius 1 is 1.29 bits per heavy atom. The Kier molecular flexibility index (Phi) is 6.65. The molecule has 0 aromatic heterocycles. The van der Waals surface area contributed by atoms with Crippen molar-refractivity contribution in [3.8, 4) is 0 Å². The summed E-state index contributed by atoms with van der Waals surface area (Å²) in [7, 11) is 0. The molecule has 0 aromatic rings. The third kappa shape index (κ3) is 4.67. The zero-order chi connectivity index (χ0) is 10.2. The van der Waals surface area contributed by atoms with Crippen LogP contribution in [0.5, 0.6) is 0 Å². The molecule has 0 unspecified atom stereocenters. The average Bonchev–Trinajstić information content (AvgIpc) is 2.25. The fourth-order valence-corrected chi connectivity index (χ4v) is 3.21. The van der Waals surface area contributed by atoms with Crippen molar-refractivity contribution in [3.63, 3.8) is 0 Å². The smallest absolute Gasteiger partial charge is 0.0104 e. The Labute approximate surface area is 92.6 Å². The van der Waals surface area contributed by atoms with Gasteiger partial charge in [-0.2, -0.15) is 11.8 Å². The van der Waals surface area contributed by atoms with Crippen LogP contribution < -0.4 is 5.73 Å². The highest BCUT2D eigenvalue weighted by atomic mass is 32.2. The van der Waals surface area contributed by atoms with Gasteiger partial charge in [-0.1, -0.05) is 6.92 Å². The van der Waals surface area contributed by atoms with Gasteiger partial charge in [0.2, 0.25) is 0 Å². The molecule has 1 aliphatic rings. The predicted molar refractivity (Wildman–Crippen MR) is 65.8 cm³/mol. The molecule has 0 bridgehead atoms. The Balaban J connectivity index is 2.10. The Morgan fingerprint density at radius 3 is 2.57 bits per heavy atom. The lowest BCUT2D eigenvalue weighted by Gasteiger charge is -2.25. The van der Waals surface area contributed by atoms with Crippen molar-refractivity contribution in [2.24, 2.45) is 11.7 Å². The molecule has 14 heavy (non-hydrogen) atoms. The van der Waals surface area contributed by atoms with E-state index in [4.69, 9.17) is 5.73 Å². The van der Waals surface area contributed by atoms with Gasteiger partial charge in [0.25, 0.3) is 0 Å². The Morgan fingerprint density at radius 2 is 2.00 bits per heavy atom. The Hall–Kier alpha value is 0.270. The second-order valence-corrected chi connectivity index (χ2v) is 5.29. The maximum Gasteiger partial charge on any atom is 0.0104 e. The van der Waals surface area contributed by atoms with Gasteiger partial charge in [-0.05, 0) is 49.8 Å². The largest absolute Gasteiger partial charge is 0.329 e. The molecular weight excluding hydrogens is 192 g/mol. The van der Waals surface area contributed by atoms with Gasteiger partial charge in [0.1, 0.15) is 0 Å². The molecule has 1 fully saturated rings. The third-order valence-electron chi connectivity index (χ3n) is 3.09. The molecule has 1 saturated heterocycles. The van der Waals surface area contributed by atoms with Crippen molar-refractivity contribution in [1.29, 1.82) is 0 Å². The molecule has 0 spiro atoms. The van der Waals surface area contributed by atoms with Crippen LogP contribution in [0.15, 0.2) is 0 Å². The molecule has 0 aliphatic carbocycles. The van der Waals surface area contributed by atoms with Crippen LogP contribution in [0.3, 0.4) is 0 Å². The van der Waals surface area contributed by atoms with Crippen molar-refractivity contribution >= 4 is 11.8 Å². The lowest BCUT2D eigenvalue weighted by molar-refractivity contribution is 0.264. The number of thioether (sulfide) groups is 1. The van der Waals surface area contributed by atoms with E-state index in [1.807, 2.05) is 0 Å². The van der Waals surface area contributed by atoms with Gasteiger partial charge in [0.15, 0.2) is 0 Å². The molecule has 0 atom stereocenters. The fraction of sp³-hybridized carbons (Fsp3) is 1.00. The van der Waals surface area contributed by atoms with Crippen molar-refractivity contribution in [3.05, 3.63) is 0 Å². The van der Waals surface area contributed by atoms with E-state index in [1.165, 1.54) is 37.3 Å². The highest BCUT2D eigenvalue weighted by Gasteiger charge is 2.14. The Bertz CT molecular complexity index is 130. The SMILES string of the molecule is CCN(CCN)CCC1CCSCC1. The van der Waals surface area contributed by atoms with E-state index >= 15 is 0 Å². The van der Waals surface area contributed by atoms with Crippen LogP contribution in [0.4, 0.5) is 0 Å². The summed E-state index contributed by atoms with van der Waals surface area (Å²) in [6.07, 6.45) is 4.25. The number of nitrogens with zero attached hydrogens (tertiary/aromatic N) is 1. The molecule has 0 saturated carbocycles. The maximum absolute atomic E-state index is 5.57. The maximum atomic E-state index is 5.57. The summed E-state index contributed by atoms with van der Waals surface area (Å²) in [6, 6.07) is 0. The molecule has 1 aliphatic heterocycles. The number of nitrogens with two attached hydrogens (primary N) is 1. The highest BCUT2D eigenvalue weighted by molar-refractivity contribution is 7.99. The minimum absolute atomic E-state index is 0.800. The first kappa shape index (κ1) is 12.3. The van der Waals surface area contributed by atoms with Crippen molar-refractivity contribution in [1.82, 2.24) is 4.90 Å². The summed E-state index contributed by atoms with van der Waals surface area (Å²) in [4.78, 5) is 2.47. The van der Waals surface area contributed by atoms with E-state index < -0.39 is 0 Å². The van der Waals surface area contributed by atoms with Gasteiger partial charge >= 0.3 is 0 Å². The van der Waals surface area contributed by atoms with E-state index in [1.54, 1.807) is 0 Å². The summed E-state index contributed by atoms with van der Waals surface area (Å²) in [5.74, 6) is 3.75. The van der Waals surface area contributed by atoms with Gasteiger partial charge in [0.05, 0.1) is 0 Å². The summed E-state index contributed by atoms with van der Waals surface area (Å²) >= 11 is 2.12. The van der Waals surface area contributed by atoms with Crippen LogP contribution in [-0.2, 0) is 0 Å². The lowest BCUT2D eigenvalue weighted by Crippen LogP contribution is -2.31. The molecule has 0 amide bonds. The van der Waals surface area contributed by atoms with E-state index in [-0.39, 0.29) is 0 Å². The van der Waals surface area contributed by atoms with Gasteiger partial charge in [-0.25, -0.2) is 0 Å². The topological polar surface area (TPSA) is 29.3 Å². The number of hydrogen-bond donors (Lipinski definition) is 1. The number of rotatable bonds is 6. The normalized spacial score (nSPS) is 19.1. The minimum Gasteiger partial charge on any atom is -0.329 e. The second kappa shape index (κ2) is 7.55. The van der Waals surface area contributed by atoms with Crippen LogP contribution in [-0.4, -0.2) is 42.6 Å². The molecule has 84 valence electrons. The molecule has 2 N–H and O–H groups in total. The van der Waals surface area contributed by atoms with Crippen LogP contribution in [0.25, 0.3) is 0 Å². The molecule has 2 nitrogen and oxygen atoms in total. The summed E-state index contributed by atoms with van der Waals surface area (Å²) in [6.45, 7) is 6.50. The first-order valence-electron chi connectivity index (χ1n) is 5.87. The first-order chi connectivity index (χ1) is 6.86. The minimum atomic E-state index is 0.800. The summed E-state index contributed by atoms with van der Waals surface area (Å²) in [5.41, 5.74) is 5.57. The predicted octanol–water partition coefficient (Wildman–Crippen LogP) is 1.80. The highest BCUT2D eigenvalue weighted by Crippen LogP contribution is 2.25. The first-order valence-corrected chi connectivity index (χ1v) is 7.02. The van der Waals surface area contributed by atoms with E-state index in [0.29, 0.717) is 0 Å². The third-order valence-corrected chi connectivity index (χ3v) is 4.14. The molecule has 3 heteroatoms. The molecular formula is C11H24N2S. The van der Waals surface area contributed by atoms with Crippen molar-refractivity contribution < 1.29 is 0 Å². The summed E-state index contributed by atoms with van der Waals surface area (Å²) in [5, 5.41) is 0. The average molecular weight is 216 g/mol. The molecule has 0 radical (unpaired) electrons. The number of hydrogen-bond acceptors (Lipinski definition) is 3. The fourth-order valence-electron chi connectivity index (χ4n) is 2.01. The van der Waals surface area contributed by atoms with Gasteiger partial charge < -0.3 is 10.6 Å². The second-order valence-electron chi connectivity index (χ2n) is 4.07. The monoisotopic (exact) mass is 216 g/mol. The molecule has 0 aromatic carbocycles. The van der Waals surface area contributed by atoms with Gasteiger partial charge in [-0.3, -0.25) is 0 Å².